The number of hydrogen-bond donors (Lipinski definition) is 1. The lowest BCUT2D eigenvalue weighted by Crippen LogP contribution is -2.49. The van der Waals surface area contributed by atoms with Crippen LogP contribution in [-0.2, 0) is 13.0 Å². The summed E-state index contributed by atoms with van der Waals surface area (Å²) in [6.07, 6.45) is 4.00. The van der Waals surface area contributed by atoms with E-state index in [1.807, 2.05) is 6.92 Å². The highest BCUT2D eigenvalue weighted by Crippen LogP contribution is 2.20. The van der Waals surface area contributed by atoms with Crippen LogP contribution in [0.4, 0.5) is 0 Å². The number of aliphatic imine (C=N–C) groups is 1. The molecule has 134 valence electrons. The van der Waals surface area contributed by atoms with E-state index in [-0.39, 0.29) is 0 Å². The maximum absolute atomic E-state index is 4.77. The number of rotatable bonds is 6. The van der Waals surface area contributed by atoms with Crippen molar-refractivity contribution in [2.45, 2.75) is 47.1 Å². The molecule has 1 aliphatic heterocycles. The molecule has 1 N–H and O–H groups in total. The van der Waals surface area contributed by atoms with E-state index in [1.54, 1.807) is 6.33 Å². The average molecular weight is 332 g/mol. The van der Waals surface area contributed by atoms with Crippen LogP contribution in [0.2, 0.25) is 0 Å². The summed E-state index contributed by atoms with van der Waals surface area (Å²) in [5.74, 6) is 3.44. The van der Waals surface area contributed by atoms with Gasteiger partial charge >= 0.3 is 0 Å². The fraction of sp³-hybridized carbons (Fsp3) is 0.722. The third kappa shape index (κ3) is 5.35. The number of nitrogens with one attached hydrogen (secondary N) is 1. The highest BCUT2D eigenvalue weighted by Gasteiger charge is 2.24. The molecule has 1 fully saturated rings. The van der Waals surface area contributed by atoms with Gasteiger partial charge in [0.1, 0.15) is 12.2 Å². The number of nitrogens with zero attached hydrogens (tertiary/aromatic N) is 5. The zero-order valence-corrected chi connectivity index (χ0v) is 15.6. The molecule has 0 radical (unpaired) electrons. The standard InChI is InChI=1S/C18H32N6/c1-6-17-22-21-13-23(17)8-7-19-18(20-10-14(2)3)24-11-15(4)9-16(5)12-24/h13,15-16H,2,6-12H2,1,3-5H3,(H,19,20). The molecule has 2 atom stereocenters. The summed E-state index contributed by atoms with van der Waals surface area (Å²) in [6.45, 7) is 17.2. The normalized spacial score (nSPS) is 21.8. The fourth-order valence-corrected chi connectivity index (χ4v) is 3.34. The summed E-state index contributed by atoms with van der Waals surface area (Å²) in [5.41, 5.74) is 1.08. The molecule has 2 unspecified atom stereocenters. The van der Waals surface area contributed by atoms with E-state index in [9.17, 15) is 0 Å². The Morgan fingerprint density at radius 3 is 2.71 bits per heavy atom. The molecule has 24 heavy (non-hydrogen) atoms. The first-order valence-electron chi connectivity index (χ1n) is 9.03. The Bertz CT molecular complexity index is 552. The van der Waals surface area contributed by atoms with Crippen LogP contribution in [0.3, 0.4) is 0 Å². The number of likely N-dealkylation sites (tertiary alicyclic amines) is 1. The van der Waals surface area contributed by atoms with Crippen molar-refractivity contribution in [3.63, 3.8) is 0 Å². The van der Waals surface area contributed by atoms with E-state index in [4.69, 9.17) is 4.99 Å². The van der Waals surface area contributed by atoms with Crippen LogP contribution >= 0.6 is 0 Å². The molecule has 0 spiro atoms. The van der Waals surface area contributed by atoms with E-state index >= 15 is 0 Å². The lowest BCUT2D eigenvalue weighted by Gasteiger charge is -2.37. The molecule has 1 saturated heterocycles. The minimum absolute atomic E-state index is 0.675. The molecule has 0 saturated carbocycles. The van der Waals surface area contributed by atoms with Gasteiger partial charge in [-0.05, 0) is 25.2 Å². The predicted molar refractivity (Wildman–Crippen MR) is 99.0 cm³/mol. The van der Waals surface area contributed by atoms with Gasteiger partial charge in [-0.25, -0.2) is 4.99 Å². The highest BCUT2D eigenvalue weighted by molar-refractivity contribution is 5.80. The van der Waals surface area contributed by atoms with Gasteiger partial charge in [-0.2, -0.15) is 0 Å². The quantitative estimate of drug-likeness (QED) is 0.493. The number of hydrogen-bond acceptors (Lipinski definition) is 3. The Labute approximate surface area is 146 Å². The smallest absolute Gasteiger partial charge is 0.194 e. The summed E-state index contributed by atoms with van der Waals surface area (Å²) >= 11 is 0. The number of aryl methyl sites for hydroxylation is 1. The average Bonchev–Trinajstić information content (AvgIpc) is 2.96. The lowest BCUT2D eigenvalue weighted by atomic mass is 9.92. The topological polar surface area (TPSA) is 58.3 Å². The van der Waals surface area contributed by atoms with Crippen LogP contribution < -0.4 is 5.32 Å². The van der Waals surface area contributed by atoms with Gasteiger partial charge in [0, 0.05) is 32.6 Å². The Kier molecular flexibility index (Phi) is 6.82. The van der Waals surface area contributed by atoms with E-state index in [0.29, 0.717) is 18.4 Å². The van der Waals surface area contributed by atoms with Crippen molar-refractivity contribution in [1.29, 1.82) is 0 Å². The molecular weight excluding hydrogens is 300 g/mol. The second-order valence-corrected chi connectivity index (χ2v) is 7.17. The van der Waals surface area contributed by atoms with E-state index in [2.05, 4.69) is 52.3 Å². The van der Waals surface area contributed by atoms with Gasteiger partial charge in [0.2, 0.25) is 0 Å². The van der Waals surface area contributed by atoms with Gasteiger partial charge < -0.3 is 14.8 Å². The SMILES string of the molecule is C=C(C)CN=C(NCCn1cnnc1CC)N1CC(C)CC(C)C1. The minimum Gasteiger partial charge on any atom is -0.354 e. The molecule has 0 amide bonds. The van der Waals surface area contributed by atoms with Crippen LogP contribution in [0.25, 0.3) is 0 Å². The summed E-state index contributed by atoms with van der Waals surface area (Å²) in [6, 6.07) is 0. The molecular formula is C18H32N6. The van der Waals surface area contributed by atoms with Crippen molar-refractivity contribution in [2.75, 3.05) is 26.2 Å². The summed E-state index contributed by atoms with van der Waals surface area (Å²) < 4.78 is 2.10. The minimum atomic E-state index is 0.675. The molecule has 0 aliphatic carbocycles. The van der Waals surface area contributed by atoms with Gasteiger partial charge in [0.15, 0.2) is 5.96 Å². The van der Waals surface area contributed by atoms with Gasteiger partial charge in [0.05, 0.1) is 6.54 Å². The summed E-state index contributed by atoms with van der Waals surface area (Å²) in [4.78, 5) is 7.17. The number of piperidine rings is 1. The molecule has 1 aliphatic rings. The van der Waals surface area contributed by atoms with Crippen LogP contribution in [0.15, 0.2) is 23.5 Å². The van der Waals surface area contributed by atoms with Crippen LogP contribution in [-0.4, -0.2) is 51.8 Å². The van der Waals surface area contributed by atoms with Crippen molar-refractivity contribution in [3.05, 3.63) is 24.3 Å². The van der Waals surface area contributed by atoms with E-state index < -0.39 is 0 Å². The first-order valence-corrected chi connectivity index (χ1v) is 9.03. The maximum Gasteiger partial charge on any atom is 0.194 e. The van der Waals surface area contributed by atoms with Crippen LogP contribution in [0.5, 0.6) is 0 Å². The zero-order chi connectivity index (χ0) is 17.5. The molecule has 1 aromatic heterocycles. The monoisotopic (exact) mass is 332 g/mol. The summed E-state index contributed by atoms with van der Waals surface area (Å²) in [7, 11) is 0. The molecule has 2 heterocycles. The van der Waals surface area contributed by atoms with Crippen molar-refractivity contribution in [3.8, 4) is 0 Å². The second-order valence-electron chi connectivity index (χ2n) is 7.17. The van der Waals surface area contributed by atoms with Gasteiger partial charge in [-0.3, -0.25) is 0 Å². The van der Waals surface area contributed by atoms with E-state index in [1.165, 1.54) is 6.42 Å². The molecule has 1 aromatic rings. The zero-order valence-electron chi connectivity index (χ0n) is 15.6. The Morgan fingerprint density at radius 2 is 2.08 bits per heavy atom. The predicted octanol–water partition coefficient (Wildman–Crippen LogP) is 2.34. The molecule has 6 heteroatoms. The Balaban J connectivity index is 1.98. The van der Waals surface area contributed by atoms with Crippen molar-refractivity contribution < 1.29 is 0 Å². The largest absolute Gasteiger partial charge is 0.354 e. The van der Waals surface area contributed by atoms with Gasteiger partial charge in [-0.1, -0.05) is 32.9 Å². The molecule has 0 aromatic carbocycles. The molecule has 0 bridgehead atoms. The first kappa shape index (κ1) is 18.5. The molecule has 2 rings (SSSR count). The number of guanidine groups is 1. The Hall–Kier alpha value is -1.85. The van der Waals surface area contributed by atoms with Crippen molar-refractivity contribution in [2.24, 2.45) is 16.8 Å². The molecule has 6 nitrogen and oxygen atoms in total. The van der Waals surface area contributed by atoms with Gasteiger partial charge in [-0.15, -0.1) is 10.2 Å². The lowest BCUT2D eigenvalue weighted by molar-refractivity contribution is 0.208. The highest BCUT2D eigenvalue weighted by atomic mass is 15.3. The third-order valence-corrected chi connectivity index (χ3v) is 4.31. The third-order valence-electron chi connectivity index (χ3n) is 4.31. The van der Waals surface area contributed by atoms with Crippen LogP contribution in [0.1, 0.15) is 39.9 Å². The summed E-state index contributed by atoms with van der Waals surface area (Å²) in [5, 5.41) is 11.7. The second kappa shape index (κ2) is 8.85. The number of aromatic nitrogens is 3. The van der Waals surface area contributed by atoms with Crippen molar-refractivity contribution >= 4 is 5.96 Å². The van der Waals surface area contributed by atoms with Crippen molar-refractivity contribution in [1.82, 2.24) is 25.0 Å². The van der Waals surface area contributed by atoms with E-state index in [0.717, 1.165) is 50.0 Å². The van der Waals surface area contributed by atoms with Crippen LogP contribution in [0, 0.1) is 11.8 Å². The Morgan fingerprint density at radius 1 is 1.38 bits per heavy atom. The maximum atomic E-state index is 4.77. The fourth-order valence-electron chi connectivity index (χ4n) is 3.34. The van der Waals surface area contributed by atoms with Gasteiger partial charge in [0.25, 0.3) is 0 Å². The first-order chi connectivity index (χ1) is 11.5.